The molecule has 1 aliphatic rings. The number of carbonyl (C=O) groups is 1. The summed E-state index contributed by atoms with van der Waals surface area (Å²) >= 11 is 9.38. The summed E-state index contributed by atoms with van der Waals surface area (Å²) in [5.41, 5.74) is 1.04. The van der Waals surface area contributed by atoms with E-state index in [4.69, 9.17) is 11.6 Å². The highest BCUT2D eigenvalue weighted by atomic mass is 79.9. The largest absolute Gasteiger partial charge is 0.348 e. The summed E-state index contributed by atoms with van der Waals surface area (Å²) in [5.74, 6) is -0.379. The summed E-state index contributed by atoms with van der Waals surface area (Å²) in [6.07, 6.45) is 1.70. The van der Waals surface area contributed by atoms with Gasteiger partial charge in [0.2, 0.25) is 10.0 Å². The zero-order chi connectivity index (χ0) is 18.0. The highest BCUT2D eigenvalue weighted by Crippen LogP contribution is 2.25. The minimum Gasteiger partial charge on any atom is -0.348 e. The highest BCUT2D eigenvalue weighted by Gasteiger charge is 2.28. The number of benzene rings is 2. The minimum absolute atomic E-state index is 0.00569. The zero-order valence-corrected chi connectivity index (χ0v) is 16.3. The minimum atomic E-state index is -3.62. The molecule has 1 amide bonds. The van der Waals surface area contributed by atoms with E-state index in [1.807, 2.05) is 18.2 Å². The molecule has 0 atom stereocenters. The lowest BCUT2D eigenvalue weighted by atomic mass is 10.2. The molecule has 2 N–H and O–H groups in total. The maximum Gasteiger partial charge on any atom is 0.252 e. The fraction of sp³-hybridized carbons (Fsp3) is 0.235. The quantitative estimate of drug-likeness (QED) is 0.718. The Morgan fingerprint density at radius 2 is 1.92 bits per heavy atom. The summed E-state index contributed by atoms with van der Waals surface area (Å²) in [6.45, 7) is 0.252. The number of halogens is 2. The van der Waals surface area contributed by atoms with E-state index in [1.165, 1.54) is 12.1 Å². The SMILES string of the molecule is O=C(NCc1ccccc1Cl)c1cc(S(=O)(=O)NC2CC2)ccc1Br. The predicted molar refractivity (Wildman–Crippen MR) is 100 cm³/mol. The molecule has 0 saturated heterocycles. The lowest BCUT2D eigenvalue weighted by Gasteiger charge is -2.11. The predicted octanol–water partition coefficient (Wildman–Crippen LogP) is 3.47. The van der Waals surface area contributed by atoms with Gasteiger partial charge in [0.25, 0.3) is 5.91 Å². The topological polar surface area (TPSA) is 75.3 Å². The van der Waals surface area contributed by atoms with Crippen molar-refractivity contribution in [3.05, 3.63) is 63.1 Å². The van der Waals surface area contributed by atoms with Crippen LogP contribution in [0.4, 0.5) is 0 Å². The molecule has 0 spiro atoms. The van der Waals surface area contributed by atoms with Gasteiger partial charge in [-0.15, -0.1) is 0 Å². The van der Waals surface area contributed by atoms with Gasteiger partial charge < -0.3 is 5.32 Å². The van der Waals surface area contributed by atoms with Gasteiger partial charge in [-0.2, -0.15) is 0 Å². The van der Waals surface area contributed by atoms with E-state index in [0.29, 0.717) is 9.50 Å². The van der Waals surface area contributed by atoms with E-state index < -0.39 is 10.0 Å². The Hall–Kier alpha value is -1.41. The first-order chi connectivity index (χ1) is 11.9. The van der Waals surface area contributed by atoms with Crippen molar-refractivity contribution in [2.45, 2.75) is 30.3 Å². The van der Waals surface area contributed by atoms with E-state index in [1.54, 1.807) is 12.1 Å². The Labute approximate surface area is 160 Å². The van der Waals surface area contributed by atoms with Crippen molar-refractivity contribution >= 4 is 43.5 Å². The van der Waals surface area contributed by atoms with Crippen LogP contribution < -0.4 is 10.0 Å². The van der Waals surface area contributed by atoms with Crippen molar-refractivity contribution in [2.24, 2.45) is 0 Å². The van der Waals surface area contributed by atoms with Gasteiger partial charge in [0.15, 0.2) is 0 Å². The van der Waals surface area contributed by atoms with Crippen LogP contribution in [0.15, 0.2) is 51.8 Å². The van der Waals surface area contributed by atoms with E-state index in [-0.39, 0.29) is 29.0 Å². The smallest absolute Gasteiger partial charge is 0.252 e. The van der Waals surface area contributed by atoms with Crippen molar-refractivity contribution in [1.29, 1.82) is 0 Å². The third kappa shape index (κ3) is 4.61. The molecule has 0 aromatic heterocycles. The van der Waals surface area contributed by atoms with E-state index >= 15 is 0 Å². The standard InChI is InChI=1S/C17H16BrClN2O3S/c18-15-8-7-13(25(23,24)21-12-5-6-12)9-14(15)17(22)20-10-11-3-1-2-4-16(11)19/h1-4,7-9,12,21H,5-6,10H2,(H,20,22). The van der Waals surface area contributed by atoms with Crippen LogP contribution in [0, 0.1) is 0 Å². The Morgan fingerprint density at radius 3 is 2.60 bits per heavy atom. The molecule has 0 aliphatic heterocycles. The molecule has 1 saturated carbocycles. The van der Waals surface area contributed by atoms with Crippen molar-refractivity contribution in [3.8, 4) is 0 Å². The number of nitrogens with one attached hydrogen (secondary N) is 2. The van der Waals surface area contributed by atoms with Gasteiger partial charge in [0.1, 0.15) is 0 Å². The molecule has 5 nitrogen and oxygen atoms in total. The molecule has 1 aliphatic carbocycles. The second-order valence-electron chi connectivity index (χ2n) is 5.81. The van der Waals surface area contributed by atoms with E-state index in [2.05, 4.69) is 26.0 Å². The number of hydrogen-bond donors (Lipinski definition) is 2. The Balaban J connectivity index is 1.77. The van der Waals surface area contributed by atoms with Gasteiger partial charge in [-0.25, -0.2) is 13.1 Å². The van der Waals surface area contributed by atoms with E-state index in [9.17, 15) is 13.2 Å². The van der Waals surface area contributed by atoms with Crippen LogP contribution in [0.5, 0.6) is 0 Å². The molecule has 132 valence electrons. The lowest BCUT2D eigenvalue weighted by Crippen LogP contribution is -2.27. The molecule has 0 unspecified atom stereocenters. The summed E-state index contributed by atoms with van der Waals surface area (Å²) in [4.78, 5) is 12.5. The van der Waals surface area contributed by atoms with Crippen molar-refractivity contribution in [3.63, 3.8) is 0 Å². The van der Waals surface area contributed by atoms with Crippen molar-refractivity contribution < 1.29 is 13.2 Å². The van der Waals surface area contributed by atoms with Gasteiger partial charge >= 0.3 is 0 Å². The molecule has 25 heavy (non-hydrogen) atoms. The monoisotopic (exact) mass is 442 g/mol. The molecule has 0 radical (unpaired) electrons. The van der Waals surface area contributed by atoms with Crippen molar-refractivity contribution in [1.82, 2.24) is 10.0 Å². The third-order valence-electron chi connectivity index (χ3n) is 3.79. The fourth-order valence-electron chi connectivity index (χ4n) is 2.25. The molecule has 2 aromatic carbocycles. The van der Waals surface area contributed by atoms with Gasteiger partial charge in [0.05, 0.1) is 10.5 Å². The number of hydrogen-bond acceptors (Lipinski definition) is 3. The second kappa shape index (κ2) is 7.45. The molecule has 3 rings (SSSR count). The van der Waals surface area contributed by atoms with E-state index in [0.717, 1.165) is 18.4 Å². The second-order valence-corrected chi connectivity index (χ2v) is 8.79. The molecule has 1 fully saturated rings. The van der Waals surface area contributed by atoms with Gasteiger partial charge in [-0.05, 0) is 58.6 Å². The van der Waals surface area contributed by atoms with Gasteiger partial charge in [-0.1, -0.05) is 29.8 Å². The van der Waals surface area contributed by atoms with Crippen LogP contribution in [0.25, 0.3) is 0 Å². The molecule has 0 bridgehead atoms. The van der Waals surface area contributed by atoms with Gasteiger partial charge in [-0.3, -0.25) is 4.79 Å². The van der Waals surface area contributed by atoms with Crippen LogP contribution in [0.3, 0.4) is 0 Å². The first kappa shape index (κ1) is 18.4. The first-order valence-electron chi connectivity index (χ1n) is 7.70. The average molecular weight is 444 g/mol. The molecular weight excluding hydrogens is 428 g/mol. The van der Waals surface area contributed by atoms with Crippen LogP contribution in [-0.2, 0) is 16.6 Å². The third-order valence-corrected chi connectivity index (χ3v) is 6.37. The fourth-order valence-corrected chi connectivity index (χ4v) is 4.21. The summed E-state index contributed by atoms with van der Waals surface area (Å²) in [6, 6.07) is 11.6. The number of amides is 1. The van der Waals surface area contributed by atoms with Crippen LogP contribution in [0.1, 0.15) is 28.8 Å². The molecule has 2 aromatic rings. The maximum atomic E-state index is 12.5. The number of sulfonamides is 1. The number of carbonyl (C=O) groups excluding carboxylic acids is 1. The zero-order valence-electron chi connectivity index (χ0n) is 13.1. The van der Waals surface area contributed by atoms with Crippen molar-refractivity contribution in [2.75, 3.05) is 0 Å². The van der Waals surface area contributed by atoms with Crippen LogP contribution >= 0.6 is 27.5 Å². The summed E-state index contributed by atoms with van der Waals surface area (Å²) in [7, 11) is -3.62. The summed E-state index contributed by atoms with van der Waals surface area (Å²) < 4.78 is 27.8. The first-order valence-corrected chi connectivity index (χ1v) is 10.4. The van der Waals surface area contributed by atoms with Crippen LogP contribution in [0.2, 0.25) is 5.02 Å². The molecule has 8 heteroatoms. The molecule has 0 heterocycles. The normalized spacial score (nSPS) is 14.3. The highest BCUT2D eigenvalue weighted by molar-refractivity contribution is 9.10. The maximum absolute atomic E-state index is 12.5. The van der Waals surface area contributed by atoms with Crippen LogP contribution in [-0.4, -0.2) is 20.4 Å². The van der Waals surface area contributed by atoms with Gasteiger partial charge in [0, 0.05) is 22.1 Å². The lowest BCUT2D eigenvalue weighted by molar-refractivity contribution is 0.0950. The Kier molecular flexibility index (Phi) is 5.48. The average Bonchev–Trinajstić information content (AvgIpc) is 3.37. The Bertz CT molecular complexity index is 914. The molecular formula is C17H16BrClN2O3S. The summed E-state index contributed by atoms with van der Waals surface area (Å²) in [5, 5.41) is 3.32. The number of rotatable bonds is 6. The Morgan fingerprint density at radius 1 is 1.20 bits per heavy atom.